The lowest BCUT2D eigenvalue weighted by molar-refractivity contribution is 0.102. The fourth-order valence-electron chi connectivity index (χ4n) is 3.13. The van der Waals surface area contributed by atoms with Gasteiger partial charge in [0, 0.05) is 11.6 Å². The predicted molar refractivity (Wildman–Crippen MR) is 91.8 cm³/mol. The summed E-state index contributed by atoms with van der Waals surface area (Å²) >= 11 is 0. The van der Waals surface area contributed by atoms with Gasteiger partial charge in [-0.25, -0.2) is 4.68 Å². The van der Waals surface area contributed by atoms with Crippen LogP contribution in [0.4, 0.5) is 5.82 Å². The molecule has 128 valence electrons. The Labute approximate surface area is 141 Å². The van der Waals surface area contributed by atoms with Gasteiger partial charge in [0.2, 0.25) is 0 Å². The van der Waals surface area contributed by atoms with Gasteiger partial charge >= 0.3 is 0 Å². The molecule has 1 aromatic heterocycles. The number of carbonyl (C=O) groups excluding carboxylic acids is 1. The van der Waals surface area contributed by atoms with Crippen LogP contribution >= 0.6 is 0 Å². The van der Waals surface area contributed by atoms with Crippen LogP contribution in [0.15, 0.2) is 30.5 Å². The molecule has 1 fully saturated rings. The second kappa shape index (κ2) is 7.38. The van der Waals surface area contributed by atoms with Crippen molar-refractivity contribution in [2.45, 2.75) is 38.6 Å². The minimum atomic E-state index is -0.182. The molecule has 2 aromatic rings. The zero-order valence-corrected chi connectivity index (χ0v) is 14.1. The molecule has 6 nitrogen and oxygen atoms in total. The van der Waals surface area contributed by atoms with Crippen LogP contribution in [0, 0.1) is 0 Å². The quantitative estimate of drug-likeness (QED) is 0.878. The summed E-state index contributed by atoms with van der Waals surface area (Å²) in [6.45, 7) is 2.40. The summed E-state index contributed by atoms with van der Waals surface area (Å²) < 4.78 is 12.7. The lowest BCUT2D eigenvalue weighted by Gasteiger charge is -2.15. The molecule has 1 aromatic carbocycles. The molecule has 6 heteroatoms. The van der Waals surface area contributed by atoms with E-state index >= 15 is 0 Å². The second-order valence-corrected chi connectivity index (χ2v) is 5.85. The van der Waals surface area contributed by atoms with E-state index in [4.69, 9.17) is 9.47 Å². The molecular weight excluding hydrogens is 306 g/mol. The van der Waals surface area contributed by atoms with Gasteiger partial charge in [-0.3, -0.25) is 4.79 Å². The van der Waals surface area contributed by atoms with Gasteiger partial charge in [0.25, 0.3) is 5.91 Å². The molecule has 0 unspecified atom stereocenters. The molecule has 0 radical (unpaired) electrons. The van der Waals surface area contributed by atoms with Gasteiger partial charge in [0.05, 0.1) is 26.0 Å². The van der Waals surface area contributed by atoms with Gasteiger partial charge in [-0.05, 0) is 38.0 Å². The first-order chi connectivity index (χ1) is 11.7. The van der Waals surface area contributed by atoms with E-state index < -0.39 is 0 Å². The van der Waals surface area contributed by atoms with E-state index in [1.54, 1.807) is 31.5 Å². The summed E-state index contributed by atoms with van der Waals surface area (Å²) in [6.07, 6.45) is 6.39. The lowest BCUT2D eigenvalue weighted by atomic mass is 10.2. The summed E-state index contributed by atoms with van der Waals surface area (Å²) in [4.78, 5) is 12.6. The summed E-state index contributed by atoms with van der Waals surface area (Å²) in [7, 11) is 1.58. The number of hydrogen-bond donors (Lipinski definition) is 1. The highest BCUT2D eigenvalue weighted by molar-refractivity contribution is 6.04. The van der Waals surface area contributed by atoms with Crippen LogP contribution in [0.3, 0.4) is 0 Å². The number of rotatable bonds is 6. The van der Waals surface area contributed by atoms with E-state index in [0.717, 1.165) is 18.7 Å². The number of aromatic nitrogens is 2. The topological polar surface area (TPSA) is 65.4 Å². The number of anilines is 1. The maximum absolute atomic E-state index is 12.6. The Morgan fingerprint density at radius 1 is 1.29 bits per heavy atom. The van der Waals surface area contributed by atoms with E-state index in [1.807, 2.05) is 17.7 Å². The molecule has 0 aliphatic heterocycles. The zero-order valence-electron chi connectivity index (χ0n) is 14.1. The number of benzene rings is 1. The van der Waals surface area contributed by atoms with Gasteiger partial charge in [-0.2, -0.15) is 5.10 Å². The molecule has 1 amide bonds. The van der Waals surface area contributed by atoms with Gasteiger partial charge in [0.1, 0.15) is 5.82 Å². The normalized spacial score (nSPS) is 14.6. The second-order valence-electron chi connectivity index (χ2n) is 5.85. The Kier molecular flexibility index (Phi) is 5.03. The van der Waals surface area contributed by atoms with Crippen molar-refractivity contribution in [1.82, 2.24) is 9.78 Å². The van der Waals surface area contributed by atoms with Gasteiger partial charge in [-0.15, -0.1) is 0 Å². The number of hydrogen-bond acceptors (Lipinski definition) is 4. The number of ether oxygens (including phenoxy) is 2. The average molecular weight is 329 g/mol. The monoisotopic (exact) mass is 329 g/mol. The van der Waals surface area contributed by atoms with Crippen molar-refractivity contribution in [2.24, 2.45) is 0 Å². The minimum Gasteiger partial charge on any atom is -0.493 e. The van der Waals surface area contributed by atoms with Crippen molar-refractivity contribution in [3.63, 3.8) is 0 Å². The molecule has 0 bridgehead atoms. The van der Waals surface area contributed by atoms with E-state index in [2.05, 4.69) is 10.4 Å². The third kappa shape index (κ3) is 3.37. The van der Waals surface area contributed by atoms with Crippen LogP contribution in [0.1, 0.15) is 49.0 Å². The SMILES string of the molecule is CCOc1cc(C(=O)Nc2ccnn2C2CCCC2)ccc1OC. The summed E-state index contributed by atoms with van der Waals surface area (Å²) in [5.41, 5.74) is 0.526. The number of methoxy groups -OCH3 is 1. The fraction of sp³-hybridized carbons (Fsp3) is 0.444. The maximum atomic E-state index is 12.6. The molecule has 0 spiro atoms. The Hall–Kier alpha value is -2.50. The summed E-state index contributed by atoms with van der Waals surface area (Å²) in [5, 5.41) is 7.33. The number of carbonyl (C=O) groups is 1. The molecule has 3 rings (SSSR count). The van der Waals surface area contributed by atoms with Crippen molar-refractivity contribution < 1.29 is 14.3 Å². The first kappa shape index (κ1) is 16.4. The third-order valence-electron chi connectivity index (χ3n) is 4.31. The number of nitrogens with zero attached hydrogens (tertiary/aromatic N) is 2. The lowest BCUT2D eigenvalue weighted by Crippen LogP contribution is -2.17. The molecule has 0 saturated heterocycles. The van der Waals surface area contributed by atoms with Crippen LogP contribution < -0.4 is 14.8 Å². The van der Waals surface area contributed by atoms with E-state index in [-0.39, 0.29) is 5.91 Å². The predicted octanol–water partition coefficient (Wildman–Crippen LogP) is 3.66. The summed E-state index contributed by atoms with van der Waals surface area (Å²) in [5.74, 6) is 1.74. The minimum absolute atomic E-state index is 0.182. The first-order valence-corrected chi connectivity index (χ1v) is 8.38. The zero-order chi connectivity index (χ0) is 16.9. The molecule has 1 aliphatic carbocycles. The largest absolute Gasteiger partial charge is 0.493 e. The van der Waals surface area contributed by atoms with Gasteiger partial charge in [-0.1, -0.05) is 12.8 Å². The van der Waals surface area contributed by atoms with E-state index in [1.165, 1.54) is 12.8 Å². The highest BCUT2D eigenvalue weighted by Crippen LogP contribution is 2.32. The fourth-order valence-corrected chi connectivity index (χ4v) is 3.13. The van der Waals surface area contributed by atoms with Crippen LogP contribution in [-0.4, -0.2) is 29.4 Å². The molecule has 1 N–H and O–H groups in total. The average Bonchev–Trinajstić information content (AvgIpc) is 3.26. The van der Waals surface area contributed by atoms with Crippen LogP contribution in [0.5, 0.6) is 11.5 Å². The highest BCUT2D eigenvalue weighted by atomic mass is 16.5. The molecule has 24 heavy (non-hydrogen) atoms. The Morgan fingerprint density at radius 2 is 2.08 bits per heavy atom. The van der Waals surface area contributed by atoms with Crippen molar-refractivity contribution in [3.8, 4) is 11.5 Å². The Balaban J connectivity index is 1.78. The molecule has 1 aliphatic rings. The smallest absolute Gasteiger partial charge is 0.256 e. The molecule has 0 atom stereocenters. The number of amides is 1. The van der Waals surface area contributed by atoms with Gasteiger partial charge in [0.15, 0.2) is 11.5 Å². The van der Waals surface area contributed by atoms with Crippen LogP contribution in [-0.2, 0) is 0 Å². The Bertz CT molecular complexity index is 705. The van der Waals surface area contributed by atoms with Crippen molar-refractivity contribution in [3.05, 3.63) is 36.0 Å². The van der Waals surface area contributed by atoms with Crippen LogP contribution in [0.2, 0.25) is 0 Å². The molecule has 1 heterocycles. The maximum Gasteiger partial charge on any atom is 0.256 e. The highest BCUT2D eigenvalue weighted by Gasteiger charge is 2.21. The first-order valence-electron chi connectivity index (χ1n) is 8.38. The number of nitrogens with one attached hydrogen (secondary N) is 1. The third-order valence-corrected chi connectivity index (χ3v) is 4.31. The molecular formula is C18H23N3O3. The van der Waals surface area contributed by atoms with Crippen molar-refractivity contribution >= 4 is 11.7 Å². The molecule has 1 saturated carbocycles. The summed E-state index contributed by atoms with van der Waals surface area (Å²) in [6, 6.07) is 7.39. The Morgan fingerprint density at radius 3 is 2.79 bits per heavy atom. The van der Waals surface area contributed by atoms with Crippen molar-refractivity contribution in [2.75, 3.05) is 19.0 Å². The van der Waals surface area contributed by atoms with Gasteiger partial charge < -0.3 is 14.8 Å². The van der Waals surface area contributed by atoms with Crippen molar-refractivity contribution in [1.29, 1.82) is 0 Å². The standard InChI is InChI=1S/C18H23N3O3/c1-3-24-16-12-13(8-9-15(16)23-2)18(22)20-17-10-11-19-21(17)14-6-4-5-7-14/h8-12,14H,3-7H2,1-2H3,(H,20,22). The van der Waals surface area contributed by atoms with Crippen LogP contribution in [0.25, 0.3) is 0 Å². The van der Waals surface area contributed by atoms with E-state index in [0.29, 0.717) is 29.7 Å². The van der Waals surface area contributed by atoms with E-state index in [9.17, 15) is 4.79 Å².